The molecule has 1 aliphatic carbocycles. The zero-order valence-corrected chi connectivity index (χ0v) is 10.5. The number of carbonyl (C=O) groups is 1. The first kappa shape index (κ1) is 12.5. The highest BCUT2D eigenvalue weighted by atomic mass is 16.5. The van der Waals surface area contributed by atoms with Gasteiger partial charge in [-0.2, -0.15) is 0 Å². The van der Waals surface area contributed by atoms with Crippen molar-refractivity contribution in [3.8, 4) is 5.75 Å². The number of carbonyl (C=O) groups excluding carboxylic acids is 1. The molecule has 0 spiro atoms. The number of ether oxygens (including phenoxy) is 1. The topological polar surface area (TPSA) is 50.4 Å². The Balaban J connectivity index is 1.88. The minimum atomic E-state index is -0.135. The first-order valence-electron chi connectivity index (χ1n) is 6.19. The van der Waals surface area contributed by atoms with Crippen molar-refractivity contribution in [2.45, 2.75) is 25.7 Å². The fraction of sp³-hybridized carbons (Fsp3) is 0.357. The Morgan fingerprint density at radius 1 is 1.22 bits per heavy atom. The SMILES string of the molecule is COc1ccc(C(=O)NNC2=CCCCC2)cc1. The molecule has 0 heterocycles. The molecule has 0 radical (unpaired) electrons. The molecule has 0 bridgehead atoms. The quantitative estimate of drug-likeness (QED) is 0.802. The van der Waals surface area contributed by atoms with Crippen molar-refractivity contribution in [3.05, 3.63) is 41.6 Å². The number of amides is 1. The molecule has 0 fully saturated rings. The Bertz CT molecular complexity index is 438. The van der Waals surface area contributed by atoms with Gasteiger partial charge in [-0.1, -0.05) is 6.08 Å². The summed E-state index contributed by atoms with van der Waals surface area (Å²) < 4.78 is 5.05. The van der Waals surface area contributed by atoms with Crippen LogP contribution in [0.25, 0.3) is 0 Å². The average Bonchev–Trinajstić information content (AvgIpc) is 2.46. The van der Waals surface area contributed by atoms with Gasteiger partial charge in [0, 0.05) is 11.3 Å². The molecule has 0 saturated carbocycles. The molecular weight excluding hydrogens is 228 g/mol. The van der Waals surface area contributed by atoms with Gasteiger partial charge in [0.1, 0.15) is 5.75 Å². The number of benzene rings is 1. The molecule has 1 aliphatic rings. The zero-order chi connectivity index (χ0) is 12.8. The fourth-order valence-corrected chi connectivity index (χ4v) is 1.90. The smallest absolute Gasteiger partial charge is 0.269 e. The van der Waals surface area contributed by atoms with E-state index in [1.807, 2.05) is 0 Å². The standard InChI is InChI=1S/C14H18N2O2/c1-18-13-9-7-11(8-10-13)14(17)16-15-12-5-3-2-4-6-12/h5,7-10,15H,2-4,6H2,1H3,(H,16,17). The van der Waals surface area contributed by atoms with E-state index in [-0.39, 0.29) is 5.91 Å². The van der Waals surface area contributed by atoms with Crippen LogP contribution in [0, 0.1) is 0 Å². The fourth-order valence-electron chi connectivity index (χ4n) is 1.90. The molecule has 2 N–H and O–H groups in total. The van der Waals surface area contributed by atoms with Crippen LogP contribution in [0.15, 0.2) is 36.0 Å². The lowest BCUT2D eigenvalue weighted by Gasteiger charge is -2.15. The molecule has 4 heteroatoms. The highest BCUT2D eigenvalue weighted by Gasteiger charge is 2.07. The molecule has 1 aromatic carbocycles. The second kappa shape index (κ2) is 6.10. The number of hydrogen-bond donors (Lipinski definition) is 2. The lowest BCUT2D eigenvalue weighted by molar-refractivity contribution is 0.0938. The molecule has 0 unspecified atom stereocenters. The highest BCUT2D eigenvalue weighted by molar-refractivity contribution is 5.94. The molecular formula is C14H18N2O2. The molecule has 0 saturated heterocycles. The van der Waals surface area contributed by atoms with Gasteiger partial charge in [0.25, 0.3) is 5.91 Å². The van der Waals surface area contributed by atoms with Crippen molar-refractivity contribution in [2.24, 2.45) is 0 Å². The van der Waals surface area contributed by atoms with E-state index in [4.69, 9.17) is 4.74 Å². The van der Waals surface area contributed by atoms with Crippen molar-refractivity contribution in [2.75, 3.05) is 7.11 Å². The first-order valence-corrected chi connectivity index (χ1v) is 6.19. The Labute approximate surface area is 107 Å². The third kappa shape index (κ3) is 3.26. The minimum absolute atomic E-state index is 0.135. The molecule has 18 heavy (non-hydrogen) atoms. The lowest BCUT2D eigenvalue weighted by atomic mass is 10.1. The van der Waals surface area contributed by atoms with Crippen molar-refractivity contribution in [3.63, 3.8) is 0 Å². The predicted octanol–water partition coefficient (Wildman–Crippen LogP) is 2.39. The maximum absolute atomic E-state index is 11.8. The molecule has 0 aromatic heterocycles. The van der Waals surface area contributed by atoms with Gasteiger partial charge in [0.15, 0.2) is 0 Å². The minimum Gasteiger partial charge on any atom is -0.497 e. The molecule has 1 aromatic rings. The van der Waals surface area contributed by atoms with E-state index in [1.54, 1.807) is 31.4 Å². The third-order valence-corrected chi connectivity index (χ3v) is 2.98. The highest BCUT2D eigenvalue weighted by Crippen LogP contribution is 2.14. The van der Waals surface area contributed by atoms with Crippen molar-refractivity contribution < 1.29 is 9.53 Å². The summed E-state index contributed by atoms with van der Waals surface area (Å²) in [5, 5.41) is 0. The van der Waals surface area contributed by atoms with Crippen LogP contribution < -0.4 is 15.6 Å². The van der Waals surface area contributed by atoms with E-state index in [0.29, 0.717) is 5.56 Å². The van der Waals surface area contributed by atoms with Crippen LogP contribution in [0.1, 0.15) is 36.0 Å². The average molecular weight is 246 g/mol. The summed E-state index contributed by atoms with van der Waals surface area (Å²) >= 11 is 0. The summed E-state index contributed by atoms with van der Waals surface area (Å²) in [6.07, 6.45) is 6.64. The summed E-state index contributed by atoms with van der Waals surface area (Å²) in [4.78, 5) is 11.8. The van der Waals surface area contributed by atoms with Crippen LogP contribution in [0.5, 0.6) is 5.75 Å². The third-order valence-electron chi connectivity index (χ3n) is 2.98. The van der Waals surface area contributed by atoms with Gasteiger partial charge in [-0.15, -0.1) is 0 Å². The number of hydrazine groups is 1. The number of nitrogens with one attached hydrogen (secondary N) is 2. The molecule has 1 amide bonds. The van der Waals surface area contributed by atoms with Crippen molar-refractivity contribution in [1.82, 2.24) is 10.9 Å². The monoisotopic (exact) mass is 246 g/mol. The summed E-state index contributed by atoms with van der Waals surface area (Å²) in [5.41, 5.74) is 7.40. The number of allylic oxidation sites excluding steroid dienone is 2. The second-order valence-electron chi connectivity index (χ2n) is 4.28. The van der Waals surface area contributed by atoms with Gasteiger partial charge < -0.3 is 10.2 Å². The van der Waals surface area contributed by atoms with E-state index in [9.17, 15) is 4.79 Å². The van der Waals surface area contributed by atoms with Crippen LogP contribution >= 0.6 is 0 Å². The molecule has 0 atom stereocenters. The van der Waals surface area contributed by atoms with E-state index < -0.39 is 0 Å². The van der Waals surface area contributed by atoms with Crippen molar-refractivity contribution in [1.29, 1.82) is 0 Å². The predicted molar refractivity (Wildman–Crippen MR) is 70.1 cm³/mol. The number of hydrogen-bond acceptors (Lipinski definition) is 3. The molecule has 2 rings (SSSR count). The molecule has 0 aliphatic heterocycles. The van der Waals surface area contributed by atoms with Gasteiger partial charge in [-0.25, -0.2) is 0 Å². The summed E-state index contributed by atoms with van der Waals surface area (Å²) in [7, 11) is 1.60. The van der Waals surface area contributed by atoms with E-state index in [0.717, 1.165) is 24.3 Å². The van der Waals surface area contributed by atoms with Crippen molar-refractivity contribution >= 4 is 5.91 Å². The van der Waals surface area contributed by atoms with Crippen LogP contribution in [-0.2, 0) is 0 Å². The summed E-state index contributed by atoms with van der Waals surface area (Å²) in [6.45, 7) is 0. The summed E-state index contributed by atoms with van der Waals surface area (Å²) in [6, 6.07) is 7.03. The van der Waals surface area contributed by atoms with Gasteiger partial charge in [-0.05, 0) is 49.9 Å². The molecule has 96 valence electrons. The van der Waals surface area contributed by atoms with Gasteiger partial charge in [-0.3, -0.25) is 10.2 Å². The maximum atomic E-state index is 11.8. The van der Waals surface area contributed by atoms with Crippen LogP contribution in [0.2, 0.25) is 0 Å². The normalized spacial score (nSPS) is 14.6. The lowest BCUT2D eigenvalue weighted by Crippen LogP contribution is -2.37. The van der Waals surface area contributed by atoms with Crippen LogP contribution in [0.3, 0.4) is 0 Å². The first-order chi connectivity index (χ1) is 8.79. The Kier molecular flexibility index (Phi) is 4.23. The number of rotatable bonds is 4. The number of methoxy groups -OCH3 is 1. The van der Waals surface area contributed by atoms with E-state index >= 15 is 0 Å². The summed E-state index contributed by atoms with van der Waals surface area (Å²) in [5.74, 6) is 0.610. The Hall–Kier alpha value is -1.97. The largest absolute Gasteiger partial charge is 0.497 e. The van der Waals surface area contributed by atoms with E-state index in [2.05, 4.69) is 16.9 Å². The second-order valence-corrected chi connectivity index (χ2v) is 4.28. The van der Waals surface area contributed by atoms with Gasteiger partial charge in [0.2, 0.25) is 0 Å². The zero-order valence-electron chi connectivity index (χ0n) is 10.5. The maximum Gasteiger partial charge on any atom is 0.269 e. The Morgan fingerprint density at radius 3 is 2.61 bits per heavy atom. The van der Waals surface area contributed by atoms with Gasteiger partial charge >= 0.3 is 0 Å². The van der Waals surface area contributed by atoms with Gasteiger partial charge in [0.05, 0.1) is 7.11 Å². The van der Waals surface area contributed by atoms with Crippen LogP contribution in [0.4, 0.5) is 0 Å². The molecule has 4 nitrogen and oxygen atoms in total. The Morgan fingerprint density at radius 2 is 2.00 bits per heavy atom. The van der Waals surface area contributed by atoms with E-state index in [1.165, 1.54) is 12.8 Å². The van der Waals surface area contributed by atoms with Crippen LogP contribution in [-0.4, -0.2) is 13.0 Å².